The summed E-state index contributed by atoms with van der Waals surface area (Å²) in [4.78, 5) is 15.8. The van der Waals surface area contributed by atoms with Crippen molar-refractivity contribution in [3.63, 3.8) is 0 Å². The third kappa shape index (κ3) is 11.0. The van der Waals surface area contributed by atoms with Crippen LogP contribution in [-0.4, -0.2) is 47.8 Å². The minimum atomic E-state index is -0.187. The first-order valence-electron chi connectivity index (χ1n) is 12.1. The van der Waals surface area contributed by atoms with Gasteiger partial charge in [0.1, 0.15) is 12.0 Å². The fourth-order valence-electron chi connectivity index (χ4n) is 3.45. The Labute approximate surface area is 210 Å². The van der Waals surface area contributed by atoms with E-state index in [4.69, 9.17) is 0 Å². The molecule has 2 aromatic rings. The number of nitrogens with zero attached hydrogens (tertiary/aromatic N) is 4. The average molecular weight is 477 g/mol. The summed E-state index contributed by atoms with van der Waals surface area (Å²) in [5, 5.41) is 6.32. The monoisotopic (exact) mass is 476 g/mol. The van der Waals surface area contributed by atoms with E-state index in [-0.39, 0.29) is 6.17 Å². The first kappa shape index (κ1) is 27.8. The fourth-order valence-corrected chi connectivity index (χ4v) is 3.45. The van der Waals surface area contributed by atoms with Gasteiger partial charge in [-0.05, 0) is 75.8 Å². The molecule has 35 heavy (non-hydrogen) atoms. The van der Waals surface area contributed by atoms with Crippen molar-refractivity contribution in [2.45, 2.75) is 39.8 Å². The van der Waals surface area contributed by atoms with Crippen LogP contribution in [-0.2, 0) is 0 Å². The number of hydrogen-bond acceptors (Lipinski definition) is 8. The number of aromatic nitrogens is 2. The molecule has 0 saturated heterocycles. The molecular formula is C27H40N8. The van der Waals surface area contributed by atoms with E-state index in [0.29, 0.717) is 0 Å². The average Bonchev–Trinajstić information content (AvgIpc) is 2.85. The highest BCUT2D eigenvalue weighted by molar-refractivity contribution is 5.73. The van der Waals surface area contributed by atoms with Crippen LogP contribution in [0.1, 0.15) is 45.5 Å². The molecule has 0 aliphatic rings. The number of hydrogen-bond donors (Lipinski definition) is 4. The van der Waals surface area contributed by atoms with Crippen molar-refractivity contribution < 1.29 is 0 Å². The zero-order chi connectivity index (χ0) is 25.3. The largest absolute Gasteiger partial charge is 0.345 e. The van der Waals surface area contributed by atoms with Crippen molar-refractivity contribution in [2.75, 3.05) is 37.4 Å². The lowest BCUT2D eigenvalue weighted by molar-refractivity contribution is 0.299. The number of allylic oxidation sites excluding steroid dienone is 2. The number of rotatable bonds is 16. The molecule has 0 fully saturated rings. The van der Waals surface area contributed by atoms with Crippen LogP contribution in [0.4, 0.5) is 11.5 Å². The smallest absolute Gasteiger partial charge is 0.142 e. The molecule has 0 aliphatic carbocycles. The van der Waals surface area contributed by atoms with Gasteiger partial charge < -0.3 is 16.2 Å². The van der Waals surface area contributed by atoms with Gasteiger partial charge in [-0.1, -0.05) is 26.5 Å². The van der Waals surface area contributed by atoms with Crippen LogP contribution in [0, 0.1) is 0 Å². The molecule has 2 rings (SSSR count). The van der Waals surface area contributed by atoms with E-state index in [2.05, 4.69) is 73.9 Å². The molecule has 1 unspecified atom stereocenters. The number of nitrogens with one attached hydrogen (secondary N) is 4. The van der Waals surface area contributed by atoms with Crippen LogP contribution in [0.5, 0.6) is 0 Å². The van der Waals surface area contributed by atoms with Gasteiger partial charge in [-0.3, -0.25) is 20.2 Å². The minimum absolute atomic E-state index is 0.187. The predicted octanol–water partition coefficient (Wildman–Crippen LogP) is 4.89. The van der Waals surface area contributed by atoms with Gasteiger partial charge in [0.2, 0.25) is 0 Å². The maximum Gasteiger partial charge on any atom is 0.142 e. The second-order valence-corrected chi connectivity index (χ2v) is 8.20. The molecule has 8 heteroatoms. The third-order valence-corrected chi connectivity index (χ3v) is 4.95. The Bertz CT molecular complexity index is 962. The highest BCUT2D eigenvalue weighted by atomic mass is 15.3. The molecule has 188 valence electrons. The standard InChI is InChI=1S/C27H40N8/c1-6-18-35(19-7-2)21-23(11-15-31-27(28-5)25-10-8-9-14-29-25)12-17-32-34-24-13-16-30-26(20-24)33-22(3)4/h8-17,20,27-28,32H,3,6-7,18-19,21H2,1-2,4-5H3,(H2,30,33,34)/b17-12-,23-11-,31-15?. The second kappa shape index (κ2) is 16.2. The normalized spacial score (nSPS) is 12.9. The number of aliphatic imine (C=N–C) groups is 1. The summed E-state index contributed by atoms with van der Waals surface area (Å²) in [5.74, 6) is 0.742. The molecule has 1 atom stereocenters. The Balaban J connectivity index is 2.09. The Morgan fingerprint density at radius 2 is 1.94 bits per heavy atom. The molecule has 0 radical (unpaired) electrons. The Hall–Kier alpha value is -3.49. The van der Waals surface area contributed by atoms with Crippen molar-refractivity contribution >= 4 is 17.7 Å². The van der Waals surface area contributed by atoms with Crippen molar-refractivity contribution in [2.24, 2.45) is 4.99 Å². The first-order chi connectivity index (χ1) is 17.0. The van der Waals surface area contributed by atoms with Crippen molar-refractivity contribution in [3.05, 3.63) is 84.6 Å². The van der Waals surface area contributed by atoms with Gasteiger partial charge in [0.25, 0.3) is 0 Å². The van der Waals surface area contributed by atoms with Crippen LogP contribution < -0.4 is 21.5 Å². The van der Waals surface area contributed by atoms with E-state index in [1.54, 1.807) is 12.4 Å². The van der Waals surface area contributed by atoms with Crippen molar-refractivity contribution in [3.8, 4) is 0 Å². The highest BCUT2D eigenvalue weighted by Gasteiger charge is 2.07. The summed E-state index contributed by atoms with van der Waals surface area (Å²) in [6.07, 6.45) is 13.5. The van der Waals surface area contributed by atoms with E-state index in [9.17, 15) is 0 Å². The Morgan fingerprint density at radius 1 is 1.14 bits per heavy atom. The SMILES string of the molecule is C=C(C)Nc1cc(NN/C=C\C(=C\C=NC(NC)c2ccccn2)CN(CCC)CCC)ccn1. The molecule has 0 spiro atoms. The number of pyridine rings is 2. The minimum Gasteiger partial charge on any atom is -0.345 e. The van der Waals surface area contributed by atoms with Gasteiger partial charge in [0.05, 0.1) is 11.4 Å². The zero-order valence-electron chi connectivity index (χ0n) is 21.5. The maximum atomic E-state index is 4.68. The molecule has 0 amide bonds. The molecule has 2 heterocycles. The zero-order valence-corrected chi connectivity index (χ0v) is 21.5. The van der Waals surface area contributed by atoms with Crippen LogP contribution in [0.15, 0.2) is 83.9 Å². The van der Waals surface area contributed by atoms with Crippen LogP contribution in [0.25, 0.3) is 0 Å². The topological polar surface area (TPSA) is 89.5 Å². The molecule has 0 aliphatic heterocycles. The van der Waals surface area contributed by atoms with E-state index in [1.165, 1.54) is 0 Å². The molecule has 0 saturated carbocycles. The second-order valence-electron chi connectivity index (χ2n) is 8.20. The summed E-state index contributed by atoms with van der Waals surface area (Å²) in [6.45, 7) is 13.1. The van der Waals surface area contributed by atoms with E-state index >= 15 is 0 Å². The summed E-state index contributed by atoms with van der Waals surface area (Å²) >= 11 is 0. The lowest BCUT2D eigenvalue weighted by Crippen LogP contribution is -2.27. The summed E-state index contributed by atoms with van der Waals surface area (Å²) in [6, 6.07) is 9.66. The van der Waals surface area contributed by atoms with Gasteiger partial charge in [0.15, 0.2) is 0 Å². The van der Waals surface area contributed by atoms with Gasteiger partial charge in [0, 0.05) is 43.1 Å². The van der Waals surface area contributed by atoms with Gasteiger partial charge in [-0.2, -0.15) is 0 Å². The summed E-state index contributed by atoms with van der Waals surface area (Å²) in [5.41, 5.74) is 10.1. The quantitative estimate of drug-likeness (QED) is 0.156. The van der Waals surface area contributed by atoms with Gasteiger partial charge in [-0.15, -0.1) is 0 Å². The van der Waals surface area contributed by atoms with Crippen LogP contribution in [0.2, 0.25) is 0 Å². The number of hydrazine groups is 1. The van der Waals surface area contributed by atoms with Crippen LogP contribution >= 0.6 is 0 Å². The third-order valence-electron chi connectivity index (χ3n) is 4.95. The molecule has 2 aromatic heterocycles. The van der Waals surface area contributed by atoms with E-state index in [1.807, 2.05) is 56.7 Å². The van der Waals surface area contributed by atoms with Gasteiger partial charge >= 0.3 is 0 Å². The fraction of sp³-hybridized carbons (Fsp3) is 0.370. The first-order valence-corrected chi connectivity index (χ1v) is 12.1. The molecule has 8 nitrogen and oxygen atoms in total. The van der Waals surface area contributed by atoms with Crippen molar-refractivity contribution in [1.82, 2.24) is 25.6 Å². The van der Waals surface area contributed by atoms with E-state index in [0.717, 1.165) is 60.9 Å². The predicted molar refractivity (Wildman–Crippen MR) is 148 cm³/mol. The number of anilines is 2. The molecular weight excluding hydrogens is 436 g/mol. The lowest BCUT2D eigenvalue weighted by atomic mass is 10.2. The molecule has 0 bridgehead atoms. The van der Waals surface area contributed by atoms with Crippen molar-refractivity contribution in [1.29, 1.82) is 0 Å². The molecule has 0 aromatic carbocycles. The maximum absolute atomic E-state index is 4.68. The lowest BCUT2D eigenvalue weighted by Gasteiger charge is -2.21. The highest BCUT2D eigenvalue weighted by Crippen LogP contribution is 2.13. The Morgan fingerprint density at radius 3 is 2.60 bits per heavy atom. The summed E-state index contributed by atoms with van der Waals surface area (Å²) in [7, 11) is 1.89. The molecule has 4 N–H and O–H groups in total. The van der Waals surface area contributed by atoms with E-state index < -0.39 is 0 Å². The van der Waals surface area contributed by atoms with Gasteiger partial charge in [-0.25, -0.2) is 4.98 Å². The Kier molecular flexibility index (Phi) is 12.8. The summed E-state index contributed by atoms with van der Waals surface area (Å²) < 4.78 is 0. The van der Waals surface area contributed by atoms with Crippen LogP contribution in [0.3, 0.4) is 0 Å².